The fraction of sp³-hybridized carbons (Fsp3) is 0.650. The number of hydrogen-bond donors (Lipinski definition) is 2. The van der Waals surface area contributed by atoms with E-state index in [4.69, 9.17) is 9.47 Å². The van der Waals surface area contributed by atoms with Gasteiger partial charge in [-0.25, -0.2) is 0 Å². The highest BCUT2D eigenvalue weighted by Gasteiger charge is 2.17. The Morgan fingerprint density at radius 2 is 2.19 bits per heavy atom. The standard InChI is InChI=1S/C20H34N4O2.HI/c1-5-24(4)10-9-22-20(21-3)23-13-18-7-6-16(2)12-19(18)26-15-17-8-11-25-14-17;/h6-7,12,17H,5,8-11,13-15H2,1-4H3,(H2,21,22,23);1H. The number of likely N-dealkylation sites (N-methyl/N-ethyl adjacent to an activating group) is 1. The van der Waals surface area contributed by atoms with Crippen LogP contribution in [0.4, 0.5) is 0 Å². The molecule has 0 saturated carbocycles. The number of hydrogen-bond acceptors (Lipinski definition) is 4. The summed E-state index contributed by atoms with van der Waals surface area (Å²) in [5, 5.41) is 6.73. The number of nitrogens with one attached hydrogen (secondary N) is 2. The number of halogens is 1. The monoisotopic (exact) mass is 490 g/mol. The summed E-state index contributed by atoms with van der Waals surface area (Å²) in [5.41, 5.74) is 2.35. The molecule has 0 amide bonds. The molecule has 0 aromatic heterocycles. The van der Waals surface area contributed by atoms with Crippen molar-refractivity contribution in [2.24, 2.45) is 10.9 Å². The van der Waals surface area contributed by atoms with Gasteiger partial charge in [-0.1, -0.05) is 19.1 Å². The lowest BCUT2D eigenvalue weighted by atomic mass is 10.1. The van der Waals surface area contributed by atoms with E-state index in [0.29, 0.717) is 19.1 Å². The first-order valence-electron chi connectivity index (χ1n) is 9.55. The van der Waals surface area contributed by atoms with E-state index in [1.807, 2.05) is 0 Å². The van der Waals surface area contributed by atoms with Crippen LogP contribution in [-0.4, -0.2) is 64.4 Å². The second kappa shape index (κ2) is 13.2. The van der Waals surface area contributed by atoms with Gasteiger partial charge in [-0.15, -0.1) is 24.0 Å². The van der Waals surface area contributed by atoms with Crippen LogP contribution in [0.1, 0.15) is 24.5 Å². The number of rotatable bonds is 9. The Bertz CT molecular complexity index is 577. The fourth-order valence-electron chi connectivity index (χ4n) is 2.79. The number of nitrogens with zero attached hydrogens (tertiary/aromatic N) is 2. The summed E-state index contributed by atoms with van der Waals surface area (Å²) >= 11 is 0. The normalized spacial score (nSPS) is 16.9. The van der Waals surface area contributed by atoms with Crippen LogP contribution in [0.2, 0.25) is 0 Å². The van der Waals surface area contributed by atoms with E-state index in [1.54, 1.807) is 7.05 Å². The largest absolute Gasteiger partial charge is 0.493 e. The van der Waals surface area contributed by atoms with Crippen molar-refractivity contribution in [3.8, 4) is 5.75 Å². The molecule has 0 spiro atoms. The molecule has 154 valence electrons. The maximum Gasteiger partial charge on any atom is 0.191 e. The lowest BCUT2D eigenvalue weighted by molar-refractivity contribution is 0.166. The summed E-state index contributed by atoms with van der Waals surface area (Å²) in [6.45, 7) is 10.2. The Labute approximate surface area is 181 Å². The van der Waals surface area contributed by atoms with Crippen molar-refractivity contribution >= 4 is 29.9 Å². The van der Waals surface area contributed by atoms with E-state index in [1.165, 1.54) is 5.56 Å². The van der Waals surface area contributed by atoms with Crippen molar-refractivity contribution in [1.82, 2.24) is 15.5 Å². The quantitative estimate of drug-likeness (QED) is 0.317. The van der Waals surface area contributed by atoms with Crippen LogP contribution in [0.25, 0.3) is 0 Å². The minimum absolute atomic E-state index is 0. The van der Waals surface area contributed by atoms with Crippen LogP contribution in [0.5, 0.6) is 5.75 Å². The van der Waals surface area contributed by atoms with Gasteiger partial charge in [0.15, 0.2) is 5.96 Å². The molecule has 0 bridgehead atoms. The maximum absolute atomic E-state index is 6.11. The van der Waals surface area contributed by atoms with E-state index in [0.717, 1.165) is 56.5 Å². The third-order valence-corrected chi connectivity index (χ3v) is 4.72. The molecule has 1 aromatic carbocycles. The van der Waals surface area contributed by atoms with Crippen LogP contribution in [0.3, 0.4) is 0 Å². The van der Waals surface area contributed by atoms with E-state index in [9.17, 15) is 0 Å². The first kappa shape index (κ1) is 24.0. The van der Waals surface area contributed by atoms with Gasteiger partial charge in [0.1, 0.15) is 5.75 Å². The molecule has 1 unspecified atom stereocenters. The predicted octanol–water partition coefficient (Wildman–Crippen LogP) is 2.65. The Morgan fingerprint density at radius 1 is 1.37 bits per heavy atom. The van der Waals surface area contributed by atoms with Gasteiger partial charge in [0.05, 0.1) is 13.2 Å². The number of ether oxygens (including phenoxy) is 2. The third kappa shape index (κ3) is 8.66. The average Bonchev–Trinajstić information content (AvgIpc) is 3.17. The van der Waals surface area contributed by atoms with Crippen LogP contribution in [0.15, 0.2) is 23.2 Å². The molecule has 27 heavy (non-hydrogen) atoms. The van der Waals surface area contributed by atoms with Crippen molar-refractivity contribution < 1.29 is 9.47 Å². The van der Waals surface area contributed by atoms with Gasteiger partial charge in [-0.05, 0) is 38.6 Å². The molecule has 7 heteroatoms. The van der Waals surface area contributed by atoms with E-state index in [2.05, 4.69) is 59.6 Å². The lowest BCUT2D eigenvalue weighted by Crippen LogP contribution is -2.40. The topological polar surface area (TPSA) is 58.1 Å². The van der Waals surface area contributed by atoms with Gasteiger partial charge in [-0.3, -0.25) is 4.99 Å². The van der Waals surface area contributed by atoms with Crippen molar-refractivity contribution in [3.63, 3.8) is 0 Å². The number of benzene rings is 1. The molecule has 6 nitrogen and oxygen atoms in total. The van der Waals surface area contributed by atoms with Crippen molar-refractivity contribution in [1.29, 1.82) is 0 Å². The zero-order valence-corrected chi connectivity index (χ0v) is 19.4. The molecule has 0 radical (unpaired) electrons. The SMILES string of the molecule is CCN(C)CCNC(=NC)NCc1ccc(C)cc1OCC1CCOC1.I. The first-order chi connectivity index (χ1) is 12.6. The second-order valence-corrected chi connectivity index (χ2v) is 6.90. The molecule has 0 aliphatic carbocycles. The lowest BCUT2D eigenvalue weighted by Gasteiger charge is -2.18. The minimum atomic E-state index is 0. The molecule has 1 atom stereocenters. The van der Waals surface area contributed by atoms with E-state index >= 15 is 0 Å². The summed E-state index contributed by atoms with van der Waals surface area (Å²) in [7, 11) is 3.91. The van der Waals surface area contributed by atoms with Crippen LogP contribution in [-0.2, 0) is 11.3 Å². The molecule has 2 rings (SSSR count). The molecule has 2 N–H and O–H groups in total. The Hall–Kier alpha value is -1.06. The Kier molecular flexibility index (Phi) is 11.7. The van der Waals surface area contributed by atoms with Gasteiger partial charge >= 0.3 is 0 Å². The van der Waals surface area contributed by atoms with E-state index in [-0.39, 0.29) is 24.0 Å². The molecule has 1 fully saturated rings. The number of aliphatic imine (C=N–C) groups is 1. The highest BCUT2D eigenvalue weighted by Crippen LogP contribution is 2.22. The highest BCUT2D eigenvalue weighted by atomic mass is 127. The summed E-state index contributed by atoms with van der Waals surface area (Å²) < 4.78 is 11.5. The van der Waals surface area contributed by atoms with Crippen molar-refractivity contribution in [2.45, 2.75) is 26.8 Å². The molecule has 1 aromatic rings. The Balaban J connectivity index is 0.00000364. The average molecular weight is 490 g/mol. The molecular weight excluding hydrogens is 455 g/mol. The van der Waals surface area contributed by atoms with Crippen LogP contribution >= 0.6 is 24.0 Å². The summed E-state index contributed by atoms with van der Waals surface area (Å²) in [6.07, 6.45) is 1.09. The third-order valence-electron chi connectivity index (χ3n) is 4.72. The summed E-state index contributed by atoms with van der Waals surface area (Å²) in [4.78, 5) is 6.56. The van der Waals surface area contributed by atoms with Crippen LogP contribution in [0, 0.1) is 12.8 Å². The highest BCUT2D eigenvalue weighted by molar-refractivity contribution is 14.0. The first-order valence-corrected chi connectivity index (χ1v) is 9.55. The van der Waals surface area contributed by atoms with Gasteiger partial charge < -0.3 is 25.0 Å². The summed E-state index contributed by atoms with van der Waals surface area (Å²) in [5.74, 6) is 2.26. The van der Waals surface area contributed by atoms with Crippen molar-refractivity contribution in [2.75, 3.05) is 53.6 Å². The maximum atomic E-state index is 6.11. The smallest absolute Gasteiger partial charge is 0.191 e. The zero-order chi connectivity index (χ0) is 18.8. The zero-order valence-electron chi connectivity index (χ0n) is 17.1. The fourth-order valence-corrected chi connectivity index (χ4v) is 2.79. The van der Waals surface area contributed by atoms with Gasteiger partial charge in [0.2, 0.25) is 0 Å². The predicted molar refractivity (Wildman–Crippen MR) is 122 cm³/mol. The van der Waals surface area contributed by atoms with Gasteiger partial charge in [0, 0.05) is 44.8 Å². The molecular formula is C20H35IN4O2. The summed E-state index contributed by atoms with van der Waals surface area (Å²) in [6, 6.07) is 6.36. The molecule has 1 saturated heterocycles. The second-order valence-electron chi connectivity index (χ2n) is 6.90. The van der Waals surface area contributed by atoms with Crippen LogP contribution < -0.4 is 15.4 Å². The minimum Gasteiger partial charge on any atom is -0.493 e. The molecule has 1 aliphatic rings. The molecule has 1 heterocycles. The van der Waals surface area contributed by atoms with E-state index < -0.39 is 0 Å². The van der Waals surface area contributed by atoms with Crippen molar-refractivity contribution in [3.05, 3.63) is 29.3 Å². The van der Waals surface area contributed by atoms with Gasteiger partial charge in [-0.2, -0.15) is 0 Å². The molecule has 1 aliphatic heterocycles. The Morgan fingerprint density at radius 3 is 2.85 bits per heavy atom. The number of aryl methyl sites for hydroxylation is 1. The number of guanidine groups is 1. The van der Waals surface area contributed by atoms with Gasteiger partial charge in [0.25, 0.3) is 0 Å².